The molecule has 1 aliphatic heterocycles. The highest BCUT2D eigenvalue weighted by Gasteiger charge is 2.36. The number of alkyl carbamates (subject to hydrolysis) is 1. The van der Waals surface area contributed by atoms with Crippen LogP contribution in [0.25, 0.3) is 0 Å². The Labute approximate surface area is 253 Å². The van der Waals surface area contributed by atoms with Gasteiger partial charge >= 0.3 is 6.09 Å². The molecule has 4 rings (SSSR count). The molecule has 0 saturated heterocycles. The van der Waals surface area contributed by atoms with Crippen LogP contribution in [-0.4, -0.2) is 46.5 Å². The average molecular weight is 587 g/mol. The van der Waals surface area contributed by atoms with Gasteiger partial charge in [0.05, 0.1) is 0 Å². The number of nitrogens with two attached hydrogens (primary N) is 1. The number of nitrogens with zero attached hydrogens (tertiary/aromatic N) is 1. The van der Waals surface area contributed by atoms with Crippen LogP contribution in [0, 0.1) is 0 Å². The number of benzene rings is 3. The van der Waals surface area contributed by atoms with Crippen LogP contribution in [0.5, 0.6) is 5.75 Å². The first kappa shape index (κ1) is 31.4. The number of carbonyl (C=O) groups excluding carboxylic acids is 3. The first-order valence-corrected chi connectivity index (χ1v) is 14.5. The van der Waals surface area contributed by atoms with Gasteiger partial charge in [0.1, 0.15) is 29.5 Å². The second kappa shape index (κ2) is 13.2. The van der Waals surface area contributed by atoms with Gasteiger partial charge < -0.3 is 30.7 Å². The third-order valence-electron chi connectivity index (χ3n) is 7.15. The number of hydrogen-bond acceptors (Lipinski definition) is 6. The quantitative estimate of drug-likeness (QED) is 0.311. The fourth-order valence-electron chi connectivity index (χ4n) is 4.84. The van der Waals surface area contributed by atoms with Crippen LogP contribution in [0.3, 0.4) is 0 Å². The summed E-state index contributed by atoms with van der Waals surface area (Å²) in [7, 11) is 0. The van der Waals surface area contributed by atoms with E-state index in [-0.39, 0.29) is 12.3 Å². The van der Waals surface area contributed by atoms with Gasteiger partial charge in [0.2, 0.25) is 11.8 Å². The summed E-state index contributed by atoms with van der Waals surface area (Å²) < 4.78 is 11.3. The second-order valence-electron chi connectivity index (χ2n) is 12.4. The summed E-state index contributed by atoms with van der Waals surface area (Å²) in [4.78, 5) is 41.6. The van der Waals surface area contributed by atoms with Crippen molar-refractivity contribution in [1.29, 1.82) is 0 Å². The summed E-state index contributed by atoms with van der Waals surface area (Å²) in [6, 6.07) is 22.3. The Kier molecular flexibility index (Phi) is 9.63. The number of carbonyl (C=O) groups is 3. The molecule has 0 aliphatic carbocycles. The fourth-order valence-corrected chi connectivity index (χ4v) is 4.84. The molecule has 9 nitrogen and oxygen atoms in total. The Morgan fingerprint density at radius 3 is 2.28 bits per heavy atom. The van der Waals surface area contributed by atoms with E-state index in [9.17, 15) is 14.4 Å². The van der Waals surface area contributed by atoms with Crippen LogP contribution >= 0.6 is 0 Å². The molecule has 3 aromatic rings. The lowest BCUT2D eigenvalue weighted by Crippen LogP contribution is -2.60. The zero-order valence-electron chi connectivity index (χ0n) is 25.6. The number of nitrogen functional groups attached to an aromatic ring is 1. The third-order valence-corrected chi connectivity index (χ3v) is 7.15. The summed E-state index contributed by atoms with van der Waals surface area (Å²) in [6.45, 7) is 9.76. The Morgan fingerprint density at radius 1 is 0.907 bits per heavy atom. The second-order valence-corrected chi connectivity index (χ2v) is 12.4. The maximum atomic E-state index is 13.9. The van der Waals surface area contributed by atoms with Crippen LogP contribution in [0.15, 0.2) is 72.8 Å². The molecule has 1 heterocycles. The summed E-state index contributed by atoms with van der Waals surface area (Å²) in [6.07, 6.45) is 0.236. The van der Waals surface area contributed by atoms with Crippen LogP contribution < -0.4 is 21.1 Å². The van der Waals surface area contributed by atoms with Gasteiger partial charge in [-0.15, -0.1) is 0 Å². The summed E-state index contributed by atoms with van der Waals surface area (Å²) >= 11 is 0. The zero-order chi connectivity index (χ0) is 31.2. The SMILES string of the molecule is CC(C)(C)OC(=O)NC(C)(C)C(=O)NC(Cc1ccc(OCc2ccccc2)cc1)C(=O)N1CCc2ccc(N)cc2C1. The highest BCUT2D eigenvalue weighted by molar-refractivity contribution is 5.93. The maximum absolute atomic E-state index is 13.9. The van der Waals surface area contributed by atoms with E-state index >= 15 is 0 Å². The van der Waals surface area contributed by atoms with Crippen LogP contribution in [0.1, 0.15) is 56.9 Å². The normalized spacial score (nSPS) is 13.8. The molecule has 9 heteroatoms. The maximum Gasteiger partial charge on any atom is 0.408 e. The van der Waals surface area contributed by atoms with Crippen molar-refractivity contribution in [2.75, 3.05) is 12.3 Å². The van der Waals surface area contributed by atoms with Crippen molar-refractivity contribution < 1.29 is 23.9 Å². The van der Waals surface area contributed by atoms with Gasteiger partial charge in [-0.25, -0.2) is 4.79 Å². The van der Waals surface area contributed by atoms with Gasteiger partial charge in [0.25, 0.3) is 0 Å². The minimum absolute atomic E-state index is 0.209. The molecule has 1 unspecified atom stereocenters. The van der Waals surface area contributed by atoms with Gasteiger partial charge in [-0.05, 0) is 87.6 Å². The Bertz CT molecular complexity index is 1430. The summed E-state index contributed by atoms with van der Waals surface area (Å²) in [5.74, 6) is -0.00694. The molecule has 1 aliphatic rings. The lowest BCUT2D eigenvalue weighted by molar-refractivity contribution is -0.138. The molecule has 0 spiro atoms. The van der Waals surface area contributed by atoms with E-state index in [2.05, 4.69) is 10.6 Å². The van der Waals surface area contributed by atoms with E-state index in [1.807, 2.05) is 72.8 Å². The smallest absolute Gasteiger partial charge is 0.408 e. The standard InChI is InChI=1S/C34H42N4O5/c1-33(2,3)43-32(41)37-34(4,5)31(40)36-29(30(39)38-18-17-25-13-14-27(35)20-26(25)21-38)19-23-11-15-28(16-12-23)42-22-24-9-7-6-8-10-24/h6-16,20,29H,17-19,21-22,35H2,1-5H3,(H,36,40)(H,37,41). The van der Waals surface area contributed by atoms with E-state index in [4.69, 9.17) is 15.2 Å². The molecule has 4 N–H and O–H groups in total. The minimum atomic E-state index is -1.33. The highest BCUT2D eigenvalue weighted by atomic mass is 16.6. The molecule has 0 radical (unpaired) electrons. The molecule has 43 heavy (non-hydrogen) atoms. The average Bonchev–Trinajstić information content (AvgIpc) is 2.94. The molecule has 0 saturated carbocycles. The fraction of sp³-hybridized carbons (Fsp3) is 0.382. The number of amides is 3. The molecular weight excluding hydrogens is 544 g/mol. The van der Waals surface area contributed by atoms with Crippen molar-refractivity contribution in [2.24, 2.45) is 0 Å². The summed E-state index contributed by atoms with van der Waals surface area (Å²) in [5, 5.41) is 5.54. The van der Waals surface area contributed by atoms with Crippen molar-refractivity contribution >= 4 is 23.6 Å². The van der Waals surface area contributed by atoms with Gasteiger partial charge in [0.15, 0.2) is 0 Å². The first-order valence-electron chi connectivity index (χ1n) is 14.5. The van der Waals surface area contributed by atoms with E-state index in [1.54, 1.807) is 39.5 Å². The van der Waals surface area contributed by atoms with Gasteiger partial charge in [-0.1, -0.05) is 48.5 Å². The van der Waals surface area contributed by atoms with Crippen molar-refractivity contribution in [1.82, 2.24) is 15.5 Å². The number of anilines is 1. The predicted molar refractivity (Wildman–Crippen MR) is 166 cm³/mol. The van der Waals surface area contributed by atoms with Crippen LogP contribution in [0.4, 0.5) is 10.5 Å². The van der Waals surface area contributed by atoms with Crippen molar-refractivity contribution in [2.45, 2.75) is 77.8 Å². The predicted octanol–water partition coefficient (Wildman–Crippen LogP) is 4.76. The molecule has 228 valence electrons. The third kappa shape index (κ3) is 8.98. The minimum Gasteiger partial charge on any atom is -0.489 e. The highest BCUT2D eigenvalue weighted by Crippen LogP contribution is 2.23. The van der Waals surface area contributed by atoms with Gasteiger partial charge in [-0.3, -0.25) is 9.59 Å². The monoisotopic (exact) mass is 586 g/mol. The molecule has 3 aromatic carbocycles. The van der Waals surface area contributed by atoms with Gasteiger partial charge in [-0.2, -0.15) is 0 Å². The van der Waals surface area contributed by atoms with Crippen molar-refractivity contribution in [3.63, 3.8) is 0 Å². The zero-order valence-corrected chi connectivity index (χ0v) is 25.6. The van der Waals surface area contributed by atoms with Crippen LogP contribution in [-0.2, 0) is 40.3 Å². The Hall–Kier alpha value is -4.53. The number of rotatable bonds is 9. The van der Waals surface area contributed by atoms with E-state index < -0.39 is 29.2 Å². The number of hydrogen-bond donors (Lipinski definition) is 3. The first-order chi connectivity index (χ1) is 20.3. The van der Waals surface area contributed by atoms with Crippen molar-refractivity contribution in [3.8, 4) is 5.75 Å². The molecule has 0 bridgehead atoms. The Balaban J connectivity index is 1.49. The summed E-state index contributed by atoms with van der Waals surface area (Å²) in [5.41, 5.74) is 8.66. The van der Waals surface area contributed by atoms with Crippen molar-refractivity contribution in [3.05, 3.63) is 95.1 Å². The molecule has 3 amide bonds. The Morgan fingerprint density at radius 2 is 1.60 bits per heavy atom. The molecule has 0 fully saturated rings. The van der Waals surface area contributed by atoms with E-state index in [0.29, 0.717) is 37.6 Å². The van der Waals surface area contributed by atoms with Crippen LogP contribution in [0.2, 0.25) is 0 Å². The lowest BCUT2D eigenvalue weighted by atomic mass is 9.97. The topological polar surface area (TPSA) is 123 Å². The van der Waals surface area contributed by atoms with E-state index in [0.717, 1.165) is 22.3 Å². The number of ether oxygens (including phenoxy) is 2. The van der Waals surface area contributed by atoms with Gasteiger partial charge in [0, 0.05) is 25.2 Å². The molecular formula is C34H42N4O5. The molecule has 1 atom stereocenters. The largest absolute Gasteiger partial charge is 0.489 e. The lowest BCUT2D eigenvalue weighted by Gasteiger charge is -2.34. The number of fused-ring (bicyclic) bond motifs is 1. The molecule has 0 aromatic heterocycles. The number of nitrogens with one attached hydrogen (secondary N) is 2. The van der Waals surface area contributed by atoms with E-state index in [1.165, 1.54) is 0 Å².